The van der Waals surface area contributed by atoms with Gasteiger partial charge in [0.05, 0.1) is 12.8 Å². The van der Waals surface area contributed by atoms with Crippen LogP contribution in [0.4, 0.5) is 13.2 Å². The van der Waals surface area contributed by atoms with Gasteiger partial charge >= 0.3 is 6.18 Å². The summed E-state index contributed by atoms with van der Waals surface area (Å²) in [6.07, 6.45) is -3.73. The zero-order valence-corrected chi connectivity index (χ0v) is 10.9. The molecule has 0 spiro atoms. The van der Waals surface area contributed by atoms with E-state index in [9.17, 15) is 13.2 Å². The molecule has 0 amide bonds. The summed E-state index contributed by atoms with van der Waals surface area (Å²) >= 11 is 0. The molecule has 0 aliphatic rings. The van der Waals surface area contributed by atoms with E-state index in [1.807, 2.05) is 0 Å². The molecule has 0 aliphatic carbocycles. The number of halogens is 3. The lowest BCUT2D eigenvalue weighted by molar-refractivity contribution is -0.0958. The van der Waals surface area contributed by atoms with Crippen LogP contribution in [0.25, 0.3) is 0 Å². The lowest BCUT2D eigenvalue weighted by Crippen LogP contribution is -2.24. The van der Waals surface area contributed by atoms with Gasteiger partial charge in [0.15, 0.2) is 0 Å². The number of hydrogen-bond donors (Lipinski definition) is 2. The van der Waals surface area contributed by atoms with Crippen LogP contribution < -0.4 is 10.1 Å². The molecule has 0 bridgehead atoms. The highest BCUT2D eigenvalue weighted by Gasteiger charge is 2.33. The number of allylic oxidation sites excluding steroid dienone is 2. The second kappa shape index (κ2) is 5.77. The van der Waals surface area contributed by atoms with Crippen LogP contribution in [-0.4, -0.2) is 26.0 Å². The van der Waals surface area contributed by atoms with Crippen LogP contribution in [0, 0.1) is 12.3 Å². The number of nitrogens with one attached hydrogen (secondary N) is 2. The lowest BCUT2D eigenvalue weighted by Gasteiger charge is -2.12. The average Bonchev–Trinajstić information content (AvgIpc) is 2.34. The number of alkyl halides is 3. The van der Waals surface area contributed by atoms with Crippen molar-refractivity contribution < 1.29 is 17.9 Å². The third-order valence-corrected chi connectivity index (χ3v) is 2.57. The highest BCUT2D eigenvalue weighted by atomic mass is 19.4. The summed E-state index contributed by atoms with van der Waals surface area (Å²) < 4.78 is 42.7. The number of rotatable bonds is 4. The van der Waals surface area contributed by atoms with Crippen molar-refractivity contribution in [1.29, 1.82) is 5.41 Å². The molecule has 0 radical (unpaired) electrons. The fraction of sp³-hybridized carbons (Fsp3) is 0.308. The second-order valence-electron chi connectivity index (χ2n) is 3.90. The topological polar surface area (TPSA) is 45.1 Å². The minimum Gasteiger partial charge on any atom is -0.496 e. The van der Waals surface area contributed by atoms with Gasteiger partial charge < -0.3 is 15.5 Å². The second-order valence-corrected chi connectivity index (χ2v) is 3.90. The molecular formula is C13H15F3N2O. The van der Waals surface area contributed by atoms with Gasteiger partial charge in [-0.3, -0.25) is 0 Å². The molecule has 0 unspecified atom stereocenters. The Bertz CT molecular complexity index is 507. The number of aryl methyl sites for hydroxylation is 1. The zero-order chi connectivity index (χ0) is 14.6. The SMILES string of the molecule is CN/C(=C\C(=N)c1ccc(OC)c(C)c1)C(F)(F)F. The Balaban J connectivity index is 3.07. The van der Waals surface area contributed by atoms with Crippen molar-refractivity contribution in [2.75, 3.05) is 14.2 Å². The summed E-state index contributed by atoms with van der Waals surface area (Å²) in [6, 6.07) is 4.79. The largest absolute Gasteiger partial charge is 0.496 e. The predicted molar refractivity (Wildman–Crippen MR) is 67.8 cm³/mol. The fourth-order valence-electron chi connectivity index (χ4n) is 1.57. The summed E-state index contributed by atoms with van der Waals surface area (Å²) in [6.45, 7) is 1.77. The van der Waals surface area contributed by atoms with Crippen molar-refractivity contribution >= 4 is 5.71 Å². The fourth-order valence-corrected chi connectivity index (χ4v) is 1.57. The Morgan fingerprint density at radius 3 is 2.42 bits per heavy atom. The molecule has 0 aromatic heterocycles. The van der Waals surface area contributed by atoms with Gasteiger partial charge in [-0.15, -0.1) is 0 Å². The van der Waals surface area contributed by atoms with Crippen LogP contribution in [0.15, 0.2) is 30.0 Å². The van der Waals surface area contributed by atoms with Crippen LogP contribution in [0.1, 0.15) is 11.1 Å². The number of methoxy groups -OCH3 is 1. The van der Waals surface area contributed by atoms with Crippen LogP contribution >= 0.6 is 0 Å². The Morgan fingerprint density at radius 2 is 2.00 bits per heavy atom. The van der Waals surface area contributed by atoms with E-state index in [1.54, 1.807) is 25.1 Å². The maximum Gasteiger partial charge on any atom is 0.430 e. The summed E-state index contributed by atoms with van der Waals surface area (Å²) in [7, 11) is 2.68. The quantitative estimate of drug-likeness (QED) is 0.827. The molecule has 104 valence electrons. The van der Waals surface area contributed by atoms with Crippen molar-refractivity contribution in [3.8, 4) is 5.75 Å². The molecule has 0 atom stereocenters. The van der Waals surface area contributed by atoms with Gasteiger partial charge in [0.2, 0.25) is 0 Å². The average molecular weight is 272 g/mol. The molecule has 1 aromatic carbocycles. The molecule has 19 heavy (non-hydrogen) atoms. The summed E-state index contributed by atoms with van der Waals surface area (Å²) in [4.78, 5) is 0. The molecule has 6 heteroatoms. The predicted octanol–water partition coefficient (Wildman–Crippen LogP) is 3.04. The molecule has 2 N–H and O–H groups in total. The van der Waals surface area contributed by atoms with Gasteiger partial charge in [0.1, 0.15) is 11.4 Å². The van der Waals surface area contributed by atoms with Crippen LogP contribution in [0.2, 0.25) is 0 Å². The number of benzene rings is 1. The molecule has 3 nitrogen and oxygen atoms in total. The van der Waals surface area contributed by atoms with Crippen molar-refractivity contribution in [3.05, 3.63) is 41.1 Å². The number of hydrogen-bond acceptors (Lipinski definition) is 3. The van der Waals surface area contributed by atoms with Crippen molar-refractivity contribution in [2.45, 2.75) is 13.1 Å². The van der Waals surface area contributed by atoms with Crippen LogP contribution in [-0.2, 0) is 0 Å². The summed E-state index contributed by atoms with van der Waals surface area (Å²) in [5.74, 6) is 0.630. The van der Waals surface area contributed by atoms with E-state index in [2.05, 4.69) is 5.32 Å². The highest BCUT2D eigenvalue weighted by molar-refractivity contribution is 6.07. The summed E-state index contributed by atoms with van der Waals surface area (Å²) in [5.41, 5.74) is -0.00938. The van der Waals surface area contributed by atoms with Gasteiger partial charge in [-0.2, -0.15) is 13.2 Å². The summed E-state index contributed by atoms with van der Waals surface area (Å²) in [5, 5.41) is 9.76. The highest BCUT2D eigenvalue weighted by Crippen LogP contribution is 2.24. The van der Waals surface area contributed by atoms with Crippen molar-refractivity contribution in [3.63, 3.8) is 0 Å². The third kappa shape index (κ3) is 3.74. The first-order chi connectivity index (χ1) is 8.79. The third-order valence-electron chi connectivity index (χ3n) is 2.57. The molecule has 0 heterocycles. The normalized spacial score (nSPS) is 12.2. The van der Waals surface area contributed by atoms with Crippen LogP contribution in [0.5, 0.6) is 5.75 Å². The van der Waals surface area contributed by atoms with E-state index in [-0.39, 0.29) is 5.71 Å². The first kappa shape index (κ1) is 15.1. The molecule has 0 fully saturated rings. The lowest BCUT2D eigenvalue weighted by atomic mass is 10.1. The van der Waals surface area contributed by atoms with Crippen molar-refractivity contribution in [2.24, 2.45) is 0 Å². The van der Waals surface area contributed by atoms with E-state index in [4.69, 9.17) is 10.1 Å². The van der Waals surface area contributed by atoms with E-state index in [0.29, 0.717) is 11.3 Å². The maximum absolute atomic E-state index is 12.5. The van der Waals surface area contributed by atoms with E-state index in [1.165, 1.54) is 14.2 Å². The Labute approximate surface area is 109 Å². The van der Waals surface area contributed by atoms with Crippen LogP contribution in [0.3, 0.4) is 0 Å². The molecule has 0 saturated carbocycles. The first-order valence-electron chi connectivity index (χ1n) is 5.49. The molecule has 1 rings (SSSR count). The van der Waals surface area contributed by atoms with Gasteiger partial charge in [0, 0.05) is 7.05 Å². The molecule has 0 saturated heterocycles. The van der Waals surface area contributed by atoms with Crippen molar-refractivity contribution in [1.82, 2.24) is 5.32 Å². The zero-order valence-electron chi connectivity index (χ0n) is 10.9. The first-order valence-corrected chi connectivity index (χ1v) is 5.49. The number of ether oxygens (including phenoxy) is 1. The molecule has 1 aromatic rings. The standard InChI is InChI=1S/C13H15F3N2O/c1-8-6-9(4-5-11(8)19-3)10(17)7-12(18-2)13(14,15)16/h4-7,17-18H,1-3H3/b12-7-,17-10?. The maximum atomic E-state index is 12.5. The Morgan fingerprint density at radius 1 is 1.37 bits per heavy atom. The minimum atomic E-state index is -4.50. The smallest absolute Gasteiger partial charge is 0.430 e. The van der Waals surface area contributed by atoms with E-state index < -0.39 is 11.9 Å². The Hall–Kier alpha value is -1.98. The van der Waals surface area contributed by atoms with Gasteiger partial charge in [-0.25, -0.2) is 0 Å². The molecular weight excluding hydrogens is 257 g/mol. The minimum absolute atomic E-state index is 0.215. The Kier molecular flexibility index (Phi) is 4.58. The van der Waals surface area contributed by atoms with Gasteiger partial charge in [-0.05, 0) is 42.3 Å². The van der Waals surface area contributed by atoms with E-state index in [0.717, 1.165) is 11.6 Å². The van der Waals surface area contributed by atoms with Gasteiger partial charge in [-0.1, -0.05) is 0 Å². The van der Waals surface area contributed by atoms with E-state index >= 15 is 0 Å². The van der Waals surface area contributed by atoms with Gasteiger partial charge in [0.25, 0.3) is 0 Å². The monoisotopic (exact) mass is 272 g/mol. The molecule has 0 aliphatic heterocycles.